The highest BCUT2D eigenvalue weighted by atomic mass is 35.5. The number of rotatable bonds is 3. The van der Waals surface area contributed by atoms with Gasteiger partial charge >= 0.3 is 0 Å². The summed E-state index contributed by atoms with van der Waals surface area (Å²) in [6.07, 6.45) is 3.51. The average Bonchev–Trinajstić information content (AvgIpc) is 2.37. The Morgan fingerprint density at radius 2 is 1.70 bits per heavy atom. The highest BCUT2D eigenvalue weighted by molar-refractivity contribution is 6.20. The first-order valence-electron chi connectivity index (χ1n) is 6.54. The Morgan fingerprint density at radius 1 is 1.15 bits per heavy atom. The van der Waals surface area contributed by atoms with Crippen LogP contribution in [0.2, 0.25) is 0 Å². The number of carbonyl (C=O) groups excluding carboxylic acids is 1. The van der Waals surface area contributed by atoms with Crippen LogP contribution in [0.4, 0.5) is 13.2 Å². The van der Waals surface area contributed by atoms with Gasteiger partial charge in [0.1, 0.15) is 23.0 Å². The number of nitrogens with one attached hydrogen (secondary N) is 1. The summed E-state index contributed by atoms with van der Waals surface area (Å²) in [7, 11) is 0. The number of hydrogen-bond acceptors (Lipinski definition) is 1. The van der Waals surface area contributed by atoms with Crippen LogP contribution in [-0.4, -0.2) is 17.8 Å². The molecule has 20 heavy (non-hydrogen) atoms. The molecule has 1 amide bonds. The molecule has 0 radical (unpaired) electrons. The van der Waals surface area contributed by atoms with Crippen molar-refractivity contribution >= 4 is 17.5 Å². The van der Waals surface area contributed by atoms with Gasteiger partial charge in [0.05, 0.1) is 0 Å². The molecule has 1 aliphatic rings. The molecule has 0 aromatic heterocycles. The Balaban J connectivity index is 1.95. The van der Waals surface area contributed by atoms with Gasteiger partial charge < -0.3 is 5.32 Å². The summed E-state index contributed by atoms with van der Waals surface area (Å²) >= 11 is 5.97. The summed E-state index contributed by atoms with van der Waals surface area (Å²) in [5.74, 6) is -4.01. The molecular formula is C14H15ClF3NO. The molecular weight excluding hydrogens is 291 g/mol. The van der Waals surface area contributed by atoms with Gasteiger partial charge in [0.15, 0.2) is 0 Å². The second-order valence-electron chi connectivity index (χ2n) is 5.07. The number of benzene rings is 1. The van der Waals surface area contributed by atoms with Crippen LogP contribution in [0.25, 0.3) is 0 Å². The van der Waals surface area contributed by atoms with Gasteiger partial charge in [-0.15, -0.1) is 11.6 Å². The Labute approximate surface area is 120 Å². The lowest BCUT2D eigenvalue weighted by atomic mass is 9.89. The number of alkyl halides is 1. The lowest BCUT2D eigenvalue weighted by Gasteiger charge is -2.25. The van der Waals surface area contributed by atoms with Crippen molar-refractivity contribution in [1.29, 1.82) is 0 Å². The standard InChI is InChI=1S/C14H15ClF3NO/c15-9-3-1-8(2-4-9)7-19-14(20)13-11(17)5-10(16)6-12(13)18/h5-6,8-9H,1-4,7H2,(H,19,20). The van der Waals surface area contributed by atoms with E-state index in [4.69, 9.17) is 11.6 Å². The second-order valence-corrected chi connectivity index (χ2v) is 5.69. The molecule has 0 saturated heterocycles. The normalized spacial score (nSPS) is 22.6. The van der Waals surface area contributed by atoms with E-state index in [2.05, 4.69) is 5.32 Å². The monoisotopic (exact) mass is 305 g/mol. The van der Waals surface area contributed by atoms with Crippen LogP contribution in [0.1, 0.15) is 36.0 Å². The second kappa shape index (κ2) is 6.48. The first-order valence-corrected chi connectivity index (χ1v) is 6.98. The zero-order chi connectivity index (χ0) is 14.7. The molecule has 6 heteroatoms. The van der Waals surface area contributed by atoms with Crippen LogP contribution in [0.3, 0.4) is 0 Å². The predicted molar refractivity (Wildman–Crippen MR) is 70.2 cm³/mol. The van der Waals surface area contributed by atoms with Gasteiger partial charge in [0, 0.05) is 24.1 Å². The van der Waals surface area contributed by atoms with E-state index in [1.807, 2.05) is 0 Å². The molecule has 1 aliphatic carbocycles. The zero-order valence-electron chi connectivity index (χ0n) is 10.8. The van der Waals surface area contributed by atoms with Crippen molar-refractivity contribution < 1.29 is 18.0 Å². The van der Waals surface area contributed by atoms with Crippen LogP contribution in [-0.2, 0) is 0 Å². The number of hydrogen-bond donors (Lipinski definition) is 1. The molecule has 0 spiro atoms. The van der Waals surface area contributed by atoms with E-state index in [1.165, 1.54) is 0 Å². The van der Waals surface area contributed by atoms with Crippen LogP contribution in [0.5, 0.6) is 0 Å². The molecule has 2 rings (SSSR count). The summed E-state index contributed by atoms with van der Waals surface area (Å²) in [5.41, 5.74) is -0.738. The fourth-order valence-electron chi connectivity index (χ4n) is 2.41. The zero-order valence-corrected chi connectivity index (χ0v) is 11.5. The highest BCUT2D eigenvalue weighted by Crippen LogP contribution is 2.27. The summed E-state index contributed by atoms with van der Waals surface area (Å²) in [4.78, 5) is 11.8. The SMILES string of the molecule is O=C(NCC1CCC(Cl)CC1)c1c(F)cc(F)cc1F. The highest BCUT2D eigenvalue weighted by Gasteiger charge is 2.22. The van der Waals surface area contributed by atoms with Crippen molar-refractivity contribution in [3.05, 3.63) is 35.1 Å². The smallest absolute Gasteiger partial charge is 0.257 e. The van der Waals surface area contributed by atoms with Gasteiger partial charge in [0.25, 0.3) is 5.91 Å². The molecule has 110 valence electrons. The van der Waals surface area contributed by atoms with Crippen molar-refractivity contribution in [3.8, 4) is 0 Å². The summed E-state index contributed by atoms with van der Waals surface area (Å²) in [6, 6.07) is 0.993. The van der Waals surface area contributed by atoms with Crippen LogP contribution >= 0.6 is 11.6 Å². The fourth-order valence-corrected chi connectivity index (χ4v) is 2.66. The lowest BCUT2D eigenvalue weighted by Crippen LogP contribution is -2.32. The third kappa shape index (κ3) is 3.66. The lowest BCUT2D eigenvalue weighted by molar-refractivity contribution is 0.0935. The predicted octanol–water partition coefficient (Wildman–Crippen LogP) is 3.63. The summed E-state index contributed by atoms with van der Waals surface area (Å²) in [6.45, 7) is 0.346. The fraction of sp³-hybridized carbons (Fsp3) is 0.500. The number of amides is 1. The van der Waals surface area contributed by atoms with E-state index < -0.39 is 28.9 Å². The number of carbonyl (C=O) groups is 1. The van der Waals surface area contributed by atoms with Gasteiger partial charge in [-0.2, -0.15) is 0 Å². The van der Waals surface area contributed by atoms with E-state index in [-0.39, 0.29) is 11.3 Å². The van der Waals surface area contributed by atoms with Crippen LogP contribution in [0.15, 0.2) is 12.1 Å². The molecule has 0 atom stereocenters. The van der Waals surface area contributed by atoms with E-state index in [0.717, 1.165) is 25.7 Å². The van der Waals surface area contributed by atoms with Crippen molar-refractivity contribution in [3.63, 3.8) is 0 Å². The third-order valence-electron chi connectivity index (χ3n) is 3.56. The van der Waals surface area contributed by atoms with Gasteiger partial charge in [0.2, 0.25) is 0 Å². The topological polar surface area (TPSA) is 29.1 Å². The van der Waals surface area contributed by atoms with E-state index in [1.54, 1.807) is 0 Å². The Bertz CT molecular complexity index is 478. The molecule has 1 aromatic rings. The maximum Gasteiger partial charge on any atom is 0.257 e. The average molecular weight is 306 g/mol. The Morgan fingerprint density at radius 3 is 2.25 bits per heavy atom. The first kappa shape index (κ1) is 15.2. The quantitative estimate of drug-likeness (QED) is 0.849. The molecule has 0 heterocycles. The molecule has 2 nitrogen and oxygen atoms in total. The van der Waals surface area contributed by atoms with Gasteiger partial charge in [-0.25, -0.2) is 13.2 Å². The molecule has 1 saturated carbocycles. The molecule has 0 bridgehead atoms. The van der Waals surface area contributed by atoms with Gasteiger partial charge in [-0.1, -0.05) is 0 Å². The largest absolute Gasteiger partial charge is 0.352 e. The van der Waals surface area contributed by atoms with Gasteiger partial charge in [-0.05, 0) is 31.6 Å². The summed E-state index contributed by atoms with van der Waals surface area (Å²) in [5, 5.41) is 2.68. The van der Waals surface area contributed by atoms with Crippen molar-refractivity contribution in [2.75, 3.05) is 6.54 Å². The third-order valence-corrected chi connectivity index (χ3v) is 4.00. The molecule has 1 fully saturated rings. The molecule has 1 aromatic carbocycles. The molecule has 0 aliphatic heterocycles. The molecule has 0 unspecified atom stereocenters. The Kier molecular flexibility index (Phi) is 4.91. The van der Waals surface area contributed by atoms with Crippen molar-refractivity contribution in [2.24, 2.45) is 5.92 Å². The maximum absolute atomic E-state index is 13.4. The minimum atomic E-state index is -1.19. The van der Waals surface area contributed by atoms with E-state index in [9.17, 15) is 18.0 Å². The maximum atomic E-state index is 13.4. The van der Waals surface area contributed by atoms with E-state index >= 15 is 0 Å². The summed E-state index contributed by atoms with van der Waals surface area (Å²) < 4.78 is 39.6. The first-order chi connectivity index (χ1) is 9.47. The van der Waals surface area contributed by atoms with Gasteiger partial charge in [-0.3, -0.25) is 4.79 Å². The van der Waals surface area contributed by atoms with Crippen LogP contribution in [0, 0.1) is 23.4 Å². The van der Waals surface area contributed by atoms with E-state index in [0.29, 0.717) is 18.7 Å². The van der Waals surface area contributed by atoms with Crippen LogP contribution < -0.4 is 5.32 Å². The minimum absolute atomic E-state index is 0.175. The number of halogens is 4. The van der Waals surface area contributed by atoms with Crippen molar-refractivity contribution in [2.45, 2.75) is 31.1 Å². The Hall–Kier alpha value is -1.23. The minimum Gasteiger partial charge on any atom is -0.352 e. The molecule has 1 N–H and O–H groups in total. The van der Waals surface area contributed by atoms with Crippen molar-refractivity contribution in [1.82, 2.24) is 5.32 Å².